The van der Waals surface area contributed by atoms with Crippen LogP contribution < -0.4 is 10.9 Å². The molecule has 142 valence electrons. The minimum absolute atomic E-state index is 0.205. The third-order valence-electron chi connectivity index (χ3n) is 4.68. The number of aromatic nitrogens is 5. The second kappa shape index (κ2) is 6.76. The Hall–Kier alpha value is -3.75. The minimum Gasteiger partial charge on any atom is -0.361 e. The number of aromatic amines is 1. The summed E-state index contributed by atoms with van der Waals surface area (Å²) in [7, 11) is 0. The number of hydrogen-bond donors (Lipinski definition) is 2. The average molecular weight is 378 g/mol. The van der Waals surface area contributed by atoms with Crippen molar-refractivity contribution in [3.8, 4) is 5.69 Å². The van der Waals surface area contributed by atoms with E-state index in [0.29, 0.717) is 33.9 Å². The Morgan fingerprint density at radius 2 is 2.07 bits per heavy atom. The third kappa shape index (κ3) is 2.86. The SMILES string of the molecule is Cc1noc(C)c1C(C)C(=O)Nc1ccccc1-n1ncc2c(=O)[nH]cnc21. The molecule has 0 saturated carbocycles. The van der Waals surface area contributed by atoms with Crippen LogP contribution in [-0.4, -0.2) is 30.8 Å². The first-order chi connectivity index (χ1) is 13.5. The molecule has 9 nitrogen and oxygen atoms in total. The van der Waals surface area contributed by atoms with E-state index in [9.17, 15) is 9.59 Å². The molecular formula is C19H18N6O3. The molecule has 0 fully saturated rings. The Bertz CT molecular complexity index is 1220. The Balaban J connectivity index is 1.71. The highest BCUT2D eigenvalue weighted by Gasteiger charge is 2.24. The third-order valence-corrected chi connectivity index (χ3v) is 4.68. The smallest absolute Gasteiger partial charge is 0.261 e. The van der Waals surface area contributed by atoms with Crippen LogP contribution in [-0.2, 0) is 4.79 Å². The summed E-state index contributed by atoms with van der Waals surface area (Å²) in [5.74, 6) is -0.0336. The van der Waals surface area contributed by atoms with Crippen molar-refractivity contribution in [3.05, 3.63) is 64.2 Å². The van der Waals surface area contributed by atoms with Crippen molar-refractivity contribution in [1.29, 1.82) is 0 Å². The molecule has 0 bridgehead atoms. The predicted molar refractivity (Wildman–Crippen MR) is 103 cm³/mol. The van der Waals surface area contributed by atoms with Crippen molar-refractivity contribution in [2.75, 3.05) is 5.32 Å². The van der Waals surface area contributed by atoms with Crippen molar-refractivity contribution < 1.29 is 9.32 Å². The highest BCUT2D eigenvalue weighted by Crippen LogP contribution is 2.27. The van der Waals surface area contributed by atoms with Gasteiger partial charge < -0.3 is 14.8 Å². The summed E-state index contributed by atoms with van der Waals surface area (Å²) in [5, 5.41) is 11.5. The molecule has 3 aromatic heterocycles. The fourth-order valence-corrected chi connectivity index (χ4v) is 3.28. The van der Waals surface area contributed by atoms with Gasteiger partial charge in [0.1, 0.15) is 11.1 Å². The van der Waals surface area contributed by atoms with E-state index in [-0.39, 0.29) is 11.5 Å². The number of carbonyl (C=O) groups is 1. The zero-order chi connectivity index (χ0) is 19.8. The molecule has 1 unspecified atom stereocenters. The van der Waals surface area contributed by atoms with E-state index >= 15 is 0 Å². The molecule has 0 aliphatic heterocycles. The number of nitrogens with zero attached hydrogens (tertiary/aromatic N) is 4. The molecule has 4 aromatic rings. The molecule has 3 heterocycles. The van der Waals surface area contributed by atoms with Crippen LogP contribution in [0.5, 0.6) is 0 Å². The molecule has 0 spiro atoms. The number of hydrogen-bond acceptors (Lipinski definition) is 6. The maximum atomic E-state index is 12.9. The maximum Gasteiger partial charge on any atom is 0.261 e. The first-order valence-corrected chi connectivity index (χ1v) is 8.72. The van der Waals surface area contributed by atoms with Crippen LogP contribution in [0.3, 0.4) is 0 Å². The Kier molecular flexibility index (Phi) is 4.26. The second-order valence-electron chi connectivity index (χ2n) is 6.49. The predicted octanol–water partition coefficient (Wildman–Crippen LogP) is 2.46. The van der Waals surface area contributed by atoms with Crippen molar-refractivity contribution >= 4 is 22.6 Å². The van der Waals surface area contributed by atoms with Gasteiger partial charge >= 0.3 is 0 Å². The van der Waals surface area contributed by atoms with E-state index in [1.165, 1.54) is 17.2 Å². The lowest BCUT2D eigenvalue weighted by atomic mass is 9.98. The van der Waals surface area contributed by atoms with E-state index in [1.807, 2.05) is 19.1 Å². The summed E-state index contributed by atoms with van der Waals surface area (Å²) < 4.78 is 6.70. The number of fused-ring (bicyclic) bond motifs is 1. The van der Waals surface area contributed by atoms with Gasteiger partial charge in [-0.05, 0) is 32.9 Å². The molecule has 4 rings (SSSR count). The molecule has 2 N–H and O–H groups in total. The van der Waals surface area contributed by atoms with Gasteiger partial charge in [0.2, 0.25) is 5.91 Å². The van der Waals surface area contributed by atoms with Crippen LogP contribution in [0.4, 0.5) is 5.69 Å². The topological polar surface area (TPSA) is 119 Å². The monoisotopic (exact) mass is 378 g/mol. The first kappa shape index (κ1) is 17.7. The maximum absolute atomic E-state index is 12.9. The average Bonchev–Trinajstić information content (AvgIpc) is 3.26. The number of aryl methyl sites for hydroxylation is 2. The fourth-order valence-electron chi connectivity index (χ4n) is 3.28. The van der Waals surface area contributed by atoms with E-state index in [4.69, 9.17) is 4.52 Å². The highest BCUT2D eigenvalue weighted by atomic mass is 16.5. The first-order valence-electron chi connectivity index (χ1n) is 8.72. The van der Waals surface area contributed by atoms with Gasteiger partial charge in [0, 0.05) is 5.56 Å². The molecule has 0 saturated heterocycles. The van der Waals surface area contributed by atoms with Crippen LogP contribution in [0.2, 0.25) is 0 Å². The number of nitrogens with one attached hydrogen (secondary N) is 2. The summed E-state index contributed by atoms with van der Waals surface area (Å²) in [5.41, 5.74) is 2.75. The minimum atomic E-state index is -0.449. The van der Waals surface area contributed by atoms with E-state index in [2.05, 4.69) is 25.5 Å². The van der Waals surface area contributed by atoms with Crippen molar-refractivity contribution in [1.82, 2.24) is 24.9 Å². The number of amides is 1. The molecule has 1 aromatic carbocycles. The van der Waals surface area contributed by atoms with Crippen molar-refractivity contribution in [3.63, 3.8) is 0 Å². The van der Waals surface area contributed by atoms with E-state index < -0.39 is 5.92 Å². The summed E-state index contributed by atoms with van der Waals surface area (Å²) >= 11 is 0. The molecule has 1 amide bonds. The quantitative estimate of drug-likeness (QED) is 0.563. The second-order valence-corrected chi connectivity index (χ2v) is 6.49. The van der Waals surface area contributed by atoms with Crippen LogP contribution >= 0.6 is 0 Å². The van der Waals surface area contributed by atoms with Crippen molar-refractivity contribution in [2.45, 2.75) is 26.7 Å². The number of rotatable bonds is 4. The standard InChI is InChI=1S/C19H18N6O3/c1-10(16-11(2)24-28-12(16)3)18(26)23-14-6-4-5-7-15(14)25-17-13(8-22-25)19(27)21-9-20-17/h4-10H,1-3H3,(H,23,26)(H,20,21,27). The molecule has 0 radical (unpaired) electrons. The number of H-pyrrole nitrogens is 1. The van der Waals surface area contributed by atoms with Gasteiger partial charge in [-0.15, -0.1) is 0 Å². The summed E-state index contributed by atoms with van der Waals surface area (Å²) in [4.78, 5) is 31.5. The van der Waals surface area contributed by atoms with Crippen molar-refractivity contribution in [2.24, 2.45) is 0 Å². The lowest BCUT2D eigenvalue weighted by Crippen LogP contribution is -2.21. The van der Waals surface area contributed by atoms with Gasteiger partial charge in [0.15, 0.2) is 5.65 Å². The van der Waals surface area contributed by atoms with Gasteiger partial charge in [0.05, 0.1) is 35.5 Å². The van der Waals surface area contributed by atoms with Gasteiger partial charge in [-0.25, -0.2) is 9.67 Å². The van der Waals surface area contributed by atoms with Crippen LogP contribution in [0.1, 0.15) is 29.9 Å². The Morgan fingerprint density at radius 3 is 2.82 bits per heavy atom. The Labute approximate surface area is 159 Å². The van der Waals surface area contributed by atoms with Gasteiger partial charge in [-0.3, -0.25) is 9.59 Å². The largest absolute Gasteiger partial charge is 0.361 e. The molecular weight excluding hydrogens is 360 g/mol. The fraction of sp³-hybridized carbons (Fsp3) is 0.211. The molecule has 28 heavy (non-hydrogen) atoms. The summed E-state index contributed by atoms with van der Waals surface area (Å²) in [6.07, 6.45) is 2.77. The number of anilines is 1. The normalized spacial score (nSPS) is 12.2. The molecule has 0 aliphatic carbocycles. The van der Waals surface area contributed by atoms with Crippen LogP contribution in [0, 0.1) is 13.8 Å². The molecule has 0 aliphatic rings. The van der Waals surface area contributed by atoms with E-state index in [1.54, 1.807) is 26.0 Å². The molecule has 9 heteroatoms. The van der Waals surface area contributed by atoms with Crippen LogP contribution in [0.25, 0.3) is 16.7 Å². The number of para-hydroxylation sites is 2. The number of carbonyl (C=O) groups excluding carboxylic acids is 1. The van der Waals surface area contributed by atoms with Gasteiger partial charge in [-0.2, -0.15) is 5.10 Å². The van der Waals surface area contributed by atoms with Gasteiger partial charge in [0.25, 0.3) is 5.56 Å². The Morgan fingerprint density at radius 1 is 1.29 bits per heavy atom. The zero-order valence-corrected chi connectivity index (χ0v) is 15.6. The van der Waals surface area contributed by atoms with Crippen LogP contribution in [0.15, 0.2) is 46.1 Å². The zero-order valence-electron chi connectivity index (χ0n) is 15.6. The number of benzene rings is 1. The summed E-state index contributed by atoms with van der Waals surface area (Å²) in [6.45, 7) is 5.39. The highest BCUT2D eigenvalue weighted by molar-refractivity contribution is 5.97. The van der Waals surface area contributed by atoms with E-state index in [0.717, 1.165) is 5.56 Å². The van der Waals surface area contributed by atoms with Gasteiger partial charge in [-0.1, -0.05) is 17.3 Å². The summed E-state index contributed by atoms with van der Waals surface area (Å²) in [6, 6.07) is 7.20. The lowest BCUT2D eigenvalue weighted by molar-refractivity contribution is -0.117. The molecule has 1 atom stereocenters. The lowest BCUT2D eigenvalue weighted by Gasteiger charge is -2.15.